The van der Waals surface area contributed by atoms with E-state index in [9.17, 15) is 0 Å². The molecule has 0 aromatic carbocycles. The standard InChI is InChI=1S/C23H25N7S.ClH/c1-14-20(18-13-31-15(2)28-18)30-19(5-9-26-30)22(27-14)29-10-6-23(7-11-29)12-17-16(21(23)24)4-3-8-25-17;/h3-5,8-9,13,21H,6-7,10-12,24H2,1-2H3;1H/t21-;/m1./s1. The van der Waals surface area contributed by atoms with E-state index in [1.165, 1.54) is 11.3 Å². The summed E-state index contributed by atoms with van der Waals surface area (Å²) in [6.45, 7) is 5.94. The third-order valence-corrected chi connectivity index (χ3v) is 7.83. The Morgan fingerprint density at radius 2 is 1.94 bits per heavy atom. The molecule has 166 valence electrons. The number of pyridine rings is 1. The van der Waals surface area contributed by atoms with Crippen LogP contribution >= 0.6 is 23.7 Å². The van der Waals surface area contributed by atoms with Gasteiger partial charge in [0.15, 0.2) is 5.82 Å². The first-order valence-electron chi connectivity index (χ1n) is 10.8. The Morgan fingerprint density at radius 3 is 2.66 bits per heavy atom. The molecule has 1 spiro atoms. The zero-order valence-corrected chi connectivity index (χ0v) is 19.8. The number of anilines is 1. The van der Waals surface area contributed by atoms with Gasteiger partial charge in [-0.15, -0.1) is 23.7 Å². The van der Waals surface area contributed by atoms with Crippen LogP contribution in [0.2, 0.25) is 0 Å². The van der Waals surface area contributed by atoms with E-state index in [-0.39, 0.29) is 23.9 Å². The molecule has 2 N–H and O–H groups in total. The van der Waals surface area contributed by atoms with E-state index in [1.807, 2.05) is 29.9 Å². The number of rotatable bonds is 2. The minimum atomic E-state index is 0. The van der Waals surface area contributed by atoms with Crippen molar-refractivity contribution in [2.75, 3.05) is 18.0 Å². The molecule has 1 aliphatic carbocycles. The van der Waals surface area contributed by atoms with Crippen molar-refractivity contribution in [2.45, 2.75) is 39.2 Å². The van der Waals surface area contributed by atoms with Crippen LogP contribution in [0.1, 0.15) is 40.8 Å². The Balaban J connectivity index is 0.00000216. The van der Waals surface area contributed by atoms with Gasteiger partial charge in [-0.05, 0) is 56.2 Å². The van der Waals surface area contributed by atoms with Crippen molar-refractivity contribution in [3.8, 4) is 11.4 Å². The SMILES string of the molecule is Cc1nc(-c2c(C)nc(N3CCC4(CC3)Cc3ncccc3[C@H]4N)c3ccnn23)cs1.Cl. The minimum Gasteiger partial charge on any atom is -0.355 e. The molecule has 1 saturated heterocycles. The lowest BCUT2D eigenvalue weighted by atomic mass is 9.73. The molecule has 7 nitrogen and oxygen atoms in total. The minimum absolute atomic E-state index is 0. The molecule has 5 heterocycles. The van der Waals surface area contributed by atoms with Gasteiger partial charge in [0.25, 0.3) is 0 Å². The van der Waals surface area contributed by atoms with Gasteiger partial charge in [0.2, 0.25) is 0 Å². The molecule has 1 aliphatic heterocycles. The molecule has 4 aromatic rings. The average Bonchev–Trinajstić information content (AvgIpc) is 3.48. The maximum absolute atomic E-state index is 6.73. The first-order valence-corrected chi connectivity index (χ1v) is 11.6. The van der Waals surface area contributed by atoms with Crippen molar-refractivity contribution in [1.29, 1.82) is 0 Å². The van der Waals surface area contributed by atoms with Crippen LogP contribution in [-0.4, -0.2) is 37.7 Å². The van der Waals surface area contributed by atoms with Crippen LogP contribution in [0, 0.1) is 19.3 Å². The Hall–Kier alpha value is -2.55. The van der Waals surface area contributed by atoms with Crippen LogP contribution in [0.3, 0.4) is 0 Å². The second-order valence-corrected chi connectivity index (χ2v) is 9.85. The first kappa shape index (κ1) is 21.3. The topological polar surface area (TPSA) is 85.2 Å². The fourth-order valence-corrected chi connectivity index (χ4v) is 5.98. The third-order valence-electron chi connectivity index (χ3n) is 7.06. The Morgan fingerprint density at radius 1 is 1.12 bits per heavy atom. The molecule has 9 heteroatoms. The molecule has 2 aliphatic rings. The van der Waals surface area contributed by atoms with Crippen LogP contribution < -0.4 is 10.6 Å². The fourth-order valence-electron chi connectivity index (χ4n) is 5.38. The van der Waals surface area contributed by atoms with Gasteiger partial charge in [-0.2, -0.15) is 5.10 Å². The molecule has 0 amide bonds. The van der Waals surface area contributed by atoms with Crippen LogP contribution in [0.5, 0.6) is 0 Å². The number of thiazole rings is 1. The molecule has 4 aromatic heterocycles. The zero-order chi connectivity index (χ0) is 21.2. The van der Waals surface area contributed by atoms with Gasteiger partial charge in [0.1, 0.15) is 16.9 Å². The molecule has 1 fully saturated rings. The second kappa shape index (κ2) is 7.79. The molecular weight excluding hydrogens is 442 g/mol. The highest BCUT2D eigenvalue weighted by Gasteiger charge is 2.46. The number of hydrogen-bond acceptors (Lipinski definition) is 7. The van der Waals surface area contributed by atoms with Gasteiger partial charge in [-0.1, -0.05) is 6.07 Å². The van der Waals surface area contributed by atoms with E-state index in [2.05, 4.69) is 44.4 Å². The van der Waals surface area contributed by atoms with E-state index < -0.39 is 0 Å². The summed E-state index contributed by atoms with van der Waals surface area (Å²) in [6, 6.07) is 6.27. The van der Waals surface area contributed by atoms with Gasteiger partial charge >= 0.3 is 0 Å². The quantitative estimate of drug-likeness (QED) is 0.477. The summed E-state index contributed by atoms with van der Waals surface area (Å²) in [6.07, 6.45) is 6.80. The smallest absolute Gasteiger partial charge is 0.155 e. The fraction of sp³-hybridized carbons (Fsp3) is 0.391. The summed E-state index contributed by atoms with van der Waals surface area (Å²) in [4.78, 5) is 16.7. The maximum Gasteiger partial charge on any atom is 0.155 e. The second-order valence-electron chi connectivity index (χ2n) is 8.79. The Bertz CT molecular complexity index is 1290. The lowest BCUT2D eigenvalue weighted by Crippen LogP contribution is -2.44. The van der Waals surface area contributed by atoms with E-state index >= 15 is 0 Å². The number of piperidine rings is 1. The number of hydrogen-bond donors (Lipinski definition) is 1. The number of fused-ring (bicyclic) bond motifs is 2. The van der Waals surface area contributed by atoms with Gasteiger partial charge in [-0.3, -0.25) is 4.98 Å². The van der Waals surface area contributed by atoms with E-state index in [0.717, 1.165) is 65.8 Å². The third kappa shape index (κ3) is 3.12. The van der Waals surface area contributed by atoms with E-state index in [1.54, 1.807) is 11.3 Å². The molecule has 32 heavy (non-hydrogen) atoms. The summed E-state index contributed by atoms with van der Waals surface area (Å²) in [5, 5.41) is 7.74. The lowest BCUT2D eigenvalue weighted by Gasteiger charge is -2.42. The van der Waals surface area contributed by atoms with Gasteiger partial charge in [0.05, 0.1) is 16.9 Å². The summed E-state index contributed by atoms with van der Waals surface area (Å²) in [7, 11) is 0. The maximum atomic E-state index is 6.73. The number of aryl methyl sites for hydroxylation is 2. The summed E-state index contributed by atoms with van der Waals surface area (Å²) < 4.78 is 2.00. The number of nitrogens with two attached hydrogens (primary N) is 1. The van der Waals surface area contributed by atoms with Crippen LogP contribution in [0.25, 0.3) is 16.9 Å². The van der Waals surface area contributed by atoms with Crippen molar-refractivity contribution in [1.82, 2.24) is 24.6 Å². The highest BCUT2D eigenvalue weighted by molar-refractivity contribution is 7.09. The monoisotopic (exact) mass is 467 g/mol. The van der Waals surface area contributed by atoms with E-state index in [4.69, 9.17) is 10.7 Å². The van der Waals surface area contributed by atoms with Crippen molar-refractivity contribution >= 4 is 35.1 Å². The zero-order valence-electron chi connectivity index (χ0n) is 18.2. The molecule has 0 radical (unpaired) electrons. The van der Waals surface area contributed by atoms with Crippen molar-refractivity contribution < 1.29 is 0 Å². The molecule has 6 rings (SSSR count). The normalized spacial score (nSPS) is 19.3. The highest BCUT2D eigenvalue weighted by Crippen LogP contribution is 2.50. The van der Waals surface area contributed by atoms with Gasteiger partial charge in [-0.25, -0.2) is 14.5 Å². The average molecular weight is 468 g/mol. The highest BCUT2D eigenvalue weighted by atomic mass is 35.5. The molecular formula is C23H26ClN7S. The lowest BCUT2D eigenvalue weighted by molar-refractivity contribution is 0.187. The van der Waals surface area contributed by atoms with Crippen LogP contribution in [0.4, 0.5) is 5.82 Å². The summed E-state index contributed by atoms with van der Waals surface area (Å²) in [5.74, 6) is 1.00. The van der Waals surface area contributed by atoms with Crippen LogP contribution in [0.15, 0.2) is 36.0 Å². The largest absolute Gasteiger partial charge is 0.355 e. The van der Waals surface area contributed by atoms with Crippen molar-refractivity contribution in [2.24, 2.45) is 11.1 Å². The van der Waals surface area contributed by atoms with Gasteiger partial charge < -0.3 is 10.6 Å². The Labute approximate surface area is 197 Å². The Kier molecular flexibility index (Phi) is 5.19. The predicted molar refractivity (Wildman–Crippen MR) is 130 cm³/mol. The predicted octanol–water partition coefficient (Wildman–Crippen LogP) is 4.13. The molecule has 0 unspecified atom stereocenters. The van der Waals surface area contributed by atoms with Crippen LogP contribution in [-0.2, 0) is 6.42 Å². The van der Waals surface area contributed by atoms with Crippen molar-refractivity contribution in [3.05, 3.63) is 57.9 Å². The molecule has 1 atom stereocenters. The summed E-state index contributed by atoms with van der Waals surface area (Å²) in [5.41, 5.74) is 13.1. The van der Waals surface area contributed by atoms with E-state index in [0.29, 0.717) is 0 Å². The molecule has 0 saturated carbocycles. The van der Waals surface area contributed by atoms with Crippen molar-refractivity contribution in [3.63, 3.8) is 0 Å². The summed E-state index contributed by atoms with van der Waals surface area (Å²) >= 11 is 1.65. The number of nitrogens with zero attached hydrogens (tertiary/aromatic N) is 6. The van der Waals surface area contributed by atoms with Gasteiger partial charge in [0, 0.05) is 36.4 Å². The number of halogens is 1. The number of aromatic nitrogens is 5. The first-order chi connectivity index (χ1) is 15.1. The molecule has 0 bridgehead atoms.